The Morgan fingerprint density at radius 2 is 1.71 bits per heavy atom. The van der Waals surface area contributed by atoms with E-state index in [4.69, 9.17) is 0 Å². The molecular formula is C23H30N4O. The highest BCUT2D eigenvalue weighted by molar-refractivity contribution is 5.82. The normalized spacial score (nSPS) is 23.1. The highest BCUT2D eigenvalue weighted by Crippen LogP contribution is 2.25. The maximum atomic E-state index is 13.0. The van der Waals surface area contributed by atoms with Crippen molar-refractivity contribution in [3.63, 3.8) is 0 Å². The Bertz CT molecular complexity index is 815. The molecular weight excluding hydrogens is 348 g/mol. The Labute approximate surface area is 167 Å². The van der Waals surface area contributed by atoms with Gasteiger partial charge in [-0.05, 0) is 42.5 Å². The molecule has 0 radical (unpaired) electrons. The van der Waals surface area contributed by atoms with Crippen LogP contribution in [0.15, 0.2) is 48.5 Å². The van der Waals surface area contributed by atoms with E-state index in [1.54, 1.807) is 0 Å². The second kappa shape index (κ2) is 8.43. The van der Waals surface area contributed by atoms with E-state index in [0.29, 0.717) is 0 Å². The van der Waals surface area contributed by atoms with Crippen molar-refractivity contribution >= 4 is 5.91 Å². The number of hydrogen-bond donors (Lipinski definition) is 2. The Kier molecular flexibility index (Phi) is 5.76. The van der Waals surface area contributed by atoms with Crippen LogP contribution in [-0.2, 0) is 11.3 Å². The number of hydrazine groups is 1. The average molecular weight is 379 g/mol. The highest BCUT2D eigenvalue weighted by atomic mass is 16.2. The van der Waals surface area contributed by atoms with Gasteiger partial charge in [-0.1, -0.05) is 48.5 Å². The fraction of sp³-hybridized carbons (Fsp3) is 0.435. The average Bonchev–Trinajstić information content (AvgIpc) is 3.21. The van der Waals surface area contributed by atoms with Crippen molar-refractivity contribution in [2.45, 2.75) is 38.9 Å². The lowest BCUT2D eigenvalue weighted by Crippen LogP contribution is -2.53. The van der Waals surface area contributed by atoms with Gasteiger partial charge in [-0.2, -0.15) is 0 Å². The Balaban J connectivity index is 1.29. The van der Waals surface area contributed by atoms with Crippen LogP contribution in [-0.4, -0.2) is 47.9 Å². The Morgan fingerprint density at radius 1 is 0.964 bits per heavy atom. The number of benzene rings is 2. The zero-order valence-corrected chi connectivity index (χ0v) is 16.8. The summed E-state index contributed by atoms with van der Waals surface area (Å²) in [6.07, 6.45) is 0.797. The monoisotopic (exact) mass is 378 g/mol. The number of nitrogens with zero attached hydrogens (tertiary/aromatic N) is 2. The van der Waals surface area contributed by atoms with Crippen molar-refractivity contribution in [2.75, 3.05) is 26.2 Å². The van der Waals surface area contributed by atoms with E-state index in [1.807, 2.05) is 11.0 Å². The number of amides is 1. The molecule has 2 aromatic carbocycles. The van der Waals surface area contributed by atoms with Crippen LogP contribution in [0.4, 0.5) is 0 Å². The zero-order valence-electron chi connectivity index (χ0n) is 16.8. The van der Waals surface area contributed by atoms with Crippen molar-refractivity contribution < 1.29 is 4.79 Å². The first-order valence-corrected chi connectivity index (χ1v) is 10.2. The Hall–Kier alpha value is -2.21. The van der Waals surface area contributed by atoms with Gasteiger partial charge >= 0.3 is 0 Å². The molecule has 28 heavy (non-hydrogen) atoms. The van der Waals surface area contributed by atoms with Crippen LogP contribution in [0.1, 0.15) is 34.7 Å². The molecule has 2 N–H and O–H groups in total. The molecule has 4 rings (SSSR count). The van der Waals surface area contributed by atoms with Crippen molar-refractivity contribution in [3.8, 4) is 0 Å². The smallest absolute Gasteiger partial charge is 0.241 e. The molecule has 2 aliphatic heterocycles. The molecule has 2 aliphatic rings. The largest absolute Gasteiger partial charge is 0.339 e. The predicted molar refractivity (Wildman–Crippen MR) is 112 cm³/mol. The number of carbonyl (C=O) groups excluding carboxylic acids is 1. The molecule has 0 aromatic heterocycles. The van der Waals surface area contributed by atoms with Crippen molar-refractivity contribution in [3.05, 3.63) is 70.8 Å². The summed E-state index contributed by atoms with van der Waals surface area (Å²) in [4.78, 5) is 17.4. The van der Waals surface area contributed by atoms with Gasteiger partial charge in [0.2, 0.25) is 5.91 Å². The molecule has 5 heteroatoms. The maximum Gasteiger partial charge on any atom is 0.241 e. The van der Waals surface area contributed by atoms with Crippen LogP contribution in [0.2, 0.25) is 0 Å². The summed E-state index contributed by atoms with van der Waals surface area (Å²) in [6, 6.07) is 17.1. The topological polar surface area (TPSA) is 47.6 Å². The number of piperazine rings is 1. The second-order valence-electron chi connectivity index (χ2n) is 8.06. The maximum absolute atomic E-state index is 13.0. The van der Waals surface area contributed by atoms with Gasteiger partial charge in [-0.25, -0.2) is 10.9 Å². The summed E-state index contributed by atoms with van der Waals surface area (Å²) in [6.45, 7) is 8.70. The first kappa shape index (κ1) is 19.1. The van der Waals surface area contributed by atoms with E-state index in [0.717, 1.165) is 39.1 Å². The number of aryl methyl sites for hydroxylation is 2. The molecule has 2 unspecified atom stereocenters. The summed E-state index contributed by atoms with van der Waals surface area (Å²) in [5.74, 6) is 0.221. The summed E-state index contributed by atoms with van der Waals surface area (Å²) >= 11 is 0. The number of rotatable bonds is 4. The minimum atomic E-state index is -0.146. The molecule has 0 aliphatic carbocycles. The highest BCUT2D eigenvalue weighted by Gasteiger charge is 2.34. The third kappa shape index (κ3) is 4.27. The van der Waals surface area contributed by atoms with Crippen LogP contribution in [0.5, 0.6) is 0 Å². The predicted octanol–water partition coefficient (Wildman–Crippen LogP) is 2.56. The lowest BCUT2D eigenvalue weighted by Gasteiger charge is -2.35. The van der Waals surface area contributed by atoms with Crippen molar-refractivity contribution in [1.29, 1.82) is 0 Å². The third-order valence-electron chi connectivity index (χ3n) is 6.07. The first-order chi connectivity index (χ1) is 13.6. The van der Waals surface area contributed by atoms with Crippen molar-refractivity contribution in [2.24, 2.45) is 0 Å². The minimum absolute atomic E-state index is 0.146. The van der Waals surface area contributed by atoms with Crippen LogP contribution in [0, 0.1) is 13.8 Å². The summed E-state index contributed by atoms with van der Waals surface area (Å²) in [5, 5.41) is 0. The molecule has 148 valence electrons. The van der Waals surface area contributed by atoms with E-state index in [-0.39, 0.29) is 18.0 Å². The molecule has 0 bridgehead atoms. The van der Waals surface area contributed by atoms with Gasteiger partial charge in [0.25, 0.3) is 0 Å². The van der Waals surface area contributed by atoms with E-state index < -0.39 is 0 Å². The van der Waals surface area contributed by atoms with Gasteiger partial charge in [0.15, 0.2) is 0 Å². The van der Waals surface area contributed by atoms with Gasteiger partial charge in [0.05, 0.1) is 0 Å². The lowest BCUT2D eigenvalue weighted by atomic mass is 9.98. The SMILES string of the molecule is Cc1ccc(C2CC(C(=O)N3CCN(Cc4ccccc4)CC3)NN2)cc1C. The molecule has 2 heterocycles. The van der Waals surface area contributed by atoms with Crippen molar-refractivity contribution in [1.82, 2.24) is 20.7 Å². The molecule has 2 atom stereocenters. The van der Waals surface area contributed by atoms with E-state index in [9.17, 15) is 4.79 Å². The van der Waals surface area contributed by atoms with E-state index in [1.165, 1.54) is 22.3 Å². The van der Waals surface area contributed by atoms with E-state index in [2.05, 4.69) is 72.1 Å². The summed E-state index contributed by atoms with van der Waals surface area (Å²) < 4.78 is 0. The first-order valence-electron chi connectivity index (χ1n) is 10.2. The molecule has 1 amide bonds. The molecule has 2 fully saturated rings. The third-order valence-corrected chi connectivity index (χ3v) is 6.07. The Morgan fingerprint density at radius 3 is 2.43 bits per heavy atom. The van der Waals surface area contributed by atoms with Crippen LogP contribution >= 0.6 is 0 Å². The van der Waals surface area contributed by atoms with Crippen LogP contribution in [0.3, 0.4) is 0 Å². The molecule has 5 nitrogen and oxygen atoms in total. The number of carbonyl (C=O) groups is 1. The summed E-state index contributed by atoms with van der Waals surface area (Å²) in [7, 11) is 0. The summed E-state index contributed by atoms with van der Waals surface area (Å²) in [5.41, 5.74) is 11.7. The fourth-order valence-electron chi connectivity index (χ4n) is 4.11. The van der Waals surface area contributed by atoms with Gasteiger partial charge in [0.1, 0.15) is 6.04 Å². The molecule has 0 spiro atoms. The van der Waals surface area contributed by atoms with Gasteiger partial charge in [-0.3, -0.25) is 9.69 Å². The van der Waals surface area contributed by atoms with E-state index >= 15 is 0 Å². The van der Waals surface area contributed by atoms with Crippen LogP contribution < -0.4 is 10.9 Å². The molecule has 2 saturated heterocycles. The van der Waals surface area contributed by atoms with Gasteiger partial charge in [0, 0.05) is 38.8 Å². The standard InChI is InChI=1S/C23H30N4O/c1-17-8-9-20(14-18(17)2)21-15-22(25-24-21)23(28)27-12-10-26(11-13-27)16-19-6-4-3-5-7-19/h3-9,14,21-22,24-25H,10-13,15-16H2,1-2H3. The second-order valence-corrected chi connectivity index (χ2v) is 8.06. The van der Waals surface area contributed by atoms with Gasteiger partial charge in [-0.15, -0.1) is 0 Å². The molecule has 0 saturated carbocycles. The quantitative estimate of drug-likeness (QED) is 0.859. The fourth-order valence-corrected chi connectivity index (χ4v) is 4.11. The zero-order chi connectivity index (χ0) is 19.5. The van der Waals surface area contributed by atoms with Gasteiger partial charge < -0.3 is 4.90 Å². The van der Waals surface area contributed by atoms with Crippen LogP contribution in [0.25, 0.3) is 0 Å². The minimum Gasteiger partial charge on any atom is -0.339 e. The number of hydrogen-bond acceptors (Lipinski definition) is 4. The lowest BCUT2D eigenvalue weighted by molar-refractivity contribution is -0.135. The number of nitrogens with one attached hydrogen (secondary N) is 2. The molecule has 2 aromatic rings.